The van der Waals surface area contributed by atoms with E-state index in [-0.39, 0.29) is 6.10 Å². The molecule has 1 N–H and O–H groups in total. The number of nitrogens with zero attached hydrogens (tertiary/aromatic N) is 1. The first-order valence-electron chi connectivity index (χ1n) is 6.56. The van der Waals surface area contributed by atoms with Gasteiger partial charge in [0.2, 0.25) is 0 Å². The summed E-state index contributed by atoms with van der Waals surface area (Å²) in [4.78, 5) is 2.52. The minimum atomic E-state index is -0.120. The quantitative estimate of drug-likeness (QED) is 0.580. The van der Waals surface area contributed by atoms with Crippen LogP contribution < -0.4 is 0 Å². The Morgan fingerprint density at radius 2 is 2.00 bits per heavy atom. The smallest absolute Gasteiger partial charge is 0.0569 e. The zero-order valence-electron chi connectivity index (χ0n) is 10.2. The Morgan fingerprint density at radius 1 is 1.38 bits per heavy atom. The van der Waals surface area contributed by atoms with Crippen molar-refractivity contribution in [2.45, 2.75) is 63.1 Å². The molecule has 3 unspecified atom stereocenters. The van der Waals surface area contributed by atoms with Gasteiger partial charge in [0.25, 0.3) is 0 Å². The van der Waals surface area contributed by atoms with Crippen LogP contribution in [-0.2, 0) is 0 Å². The van der Waals surface area contributed by atoms with Gasteiger partial charge in [-0.3, -0.25) is 0 Å². The molecule has 0 aromatic heterocycles. The van der Waals surface area contributed by atoms with Gasteiger partial charge in [-0.25, -0.2) is 0 Å². The SMILES string of the molecule is C#CCCCC(O)C1CC2CCC(C1)N2C. The maximum absolute atomic E-state index is 10.2. The molecule has 2 aliphatic heterocycles. The van der Waals surface area contributed by atoms with Gasteiger partial charge in [-0.1, -0.05) is 0 Å². The molecule has 0 saturated carbocycles. The van der Waals surface area contributed by atoms with Crippen LogP contribution >= 0.6 is 0 Å². The zero-order chi connectivity index (χ0) is 11.5. The zero-order valence-corrected chi connectivity index (χ0v) is 10.2. The molecular formula is C14H23NO. The summed E-state index contributed by atoms with van der Waals surface area (Å²) in [6.07, 6.45) is 12.8. The Kier molecular flexibility index (Phi) is 3.89. The maximum Gasteiger partial charge on any atom is 0.0569 e. The maximum atomic E-state index is 10.2. The molecule has 2 aliphatic rings. The molecule has 2 saturated heterocycles. The number of hydrogen-bond donors (Lipinski definition) is 1. The third-order valence-corrected chi connectivity index (χ3v) is 4.50. The van der Waals surface area contributed by atoms with Crippen molar-refractivity contribution in [1.29, 1.82) is 0 Å². The minimum Gasteiger partial charge on any atom is -0.393 e. The lowest BCUT2D eigenvalue weighted by molar-refractivity contribution is 0.0310. The molecule has 2 fully saturated rings. The van der Waals surface area contributed by atoms with Crippen LogP contribution in [0.15, 0.2) is 0 Å². The molecule has 2 heterocycles. The summed E-state index contributed by atoms with van der Waals surface area (Å²) in [6.45, 7) is 0. The van der Waals surface area contributed by atoms with E-state index in [9.17, 15) is 5.11 Å². The third-order valence-electron chi connectivity index (χ3n) is 4.50. The van der Waals surface area contributed by atoms with Crippen molar-refractivity contribution in [1.82, 2.24) is 4.90 Å². The lowest BCUT2D eigenvalue weighted by Crippen LogP contribution is -2.43. The Morgan fingerprint density at radius 3 is 2.56 bits per heavy atom. The summed E-state index contributed by atoms with van der Waals surface area (Å²) in [5, 5.41) is 10.2. The van der Waals surface area contributed by atoms with Crippen molar-refractivity contribution < 1.29 is 5.11 Å². The van der Waals surface area contributed by atoms with E-state index in [0.29, 0.717) is 5.92 Å². The molecule has 90 valence electrons. The number of aliphatic hydroxyl groups is 1. The number of aliphatic hydroxyl groups excluding tert-OH is 1. The molecule has 2 heteroatoms. The fourth-order valence-corrected chi connectivity index (χ4v) is 3.42. The number of piperidine rings is 1. The van der Waals surface area contributed by atoms with Crippen LogP contribution in [0.25, 0.3) is 0 Å². The Hall–Kier alpha value is -0.520. The lowest BCUT2D eigenvalue weighted by Gasteiger charge is -2.38. The van der Waals surface area contributed by atoms with Crippen LogP contribution in [0, 0.1) is 18.3 Å². The molecule has 0 amide bonds. The van der Waals surface area contributed by atoms with Gasteiger partial charge in [0.1, 0.15) is 0 Å². The van der Waals surface area contributed by atoms with Crippen LogP contribution in [0.2, 0.25) is 0 Å². The summed E-state index contributed by atoms with van der Waals surface area (Å²) in [7, 11) is 2.24. The number of unbranched alkanes of at least 4 members (excludes halogenated alkanes) is 1. The van der Waals surface area contributed by atoms with Crippen LogP contribution in [0.4, 0.5) is 0 Å². The second-order valence-electron chi connectivity index (χ2n) is 5.45. The van der Waals surface area contributed by atoms with Gasteiger partial charge in [0, 0.05) is 18.5 Å². The van der Waals surface area contributed by atoms with Crippen molar-refractivity contribution in [3.8, 4) is 12.3 Å². The standard InChI is InChI=1S/C14H23NO/c1-3-4-5-6-14(16)11-9-12-7-8-13(10-11)15(12)2/h1,11-14,16H,4-10H2,2H3. The van der Waals surface area contributed by atoms with Gasteiger partial charge in [-0.05, 0) is 51.5 Å². The minimum absolute atomic E-state index is 0.120. The van der Waals surface area contributed by atoms with Crippen LogP contribution in [0.1, 0.15) is 44.9 Å². The van der Waals surface area contributed by atoms with Crippen molar-refractivity contribution in [2.24, 2.45) is 5.92 Å². The van der Waals surface area contributed by atoms with E-state index in [1.165, 1.54) is 25.7 Å². The summed E-state index contributed by atoms with van der Waals surface area (Å²) >= 11 is 0. The van der Waals surface area contributed by atoms with Crippen LogP contribution in [0.3, 0.4) is 0 Å². The van der Waals surface area contributed by atoms with E-state index in [2.05, 4.69) is 17.9 Å². The third kappa shape index (κ3) is 2.42. The molecule has 0 aromatic rings. The molecular weight excluding hydrogens is 198 g/mol. The van der Waals surface area contributed by atoms with Crippen molar-refractivity contribution in [3.05, 3.63) is 0 Å². The molecule has 0 aromatic carbocycles. The van der Waals surface area contributed by atoms with Crippen LogP contribution in [-0.4, -0.2) is 35.2 Å². The highest BCUT2D eigenvalue weighted by Gasteiger charge is 2.40. The van der Waals surface area contributed by atoms with Crippen LogP contribution in [0.5, 0.6) is 0 Å². The molecule has 0 radical (unpaired) electrons. The van der Waals surface area contributed by atoms with E-state index in [4.69, 9.17) is 6.42 Å². The van der Waals surface area contributed by atoms with Crippen molar-refractivity contribution >= 4 is 0 Å². The molecule has 3 atom stereocenters. The van der Waals surface area contributed by atoms with Gasteiger partial charge in [0.15, 0.2) is 0 Å². The molecule has 2 nitrogen and oxygen atoms in total. The van der Waals surface area contributed by atoms with Crippen molar-refractivity contribution in [2.75, 3.05) is 7.05 Å². The Balaban J connectivity index is 1.81. The van der Waals surface area contributed by atoms with Gasteiger partial charge in [0.05, 0.1) is 6.10 Å². The van der Waals surface area contributed by atoms with Crippen molar-refractivity contribution in [3.63, 3.8) is 0 Å². The van der Waals surface area contributed by atoms with Gasteiger partial charge >= 0.3 is 0 Å². The number of terminal acetylenes is 1. The topological polar surface area (TPSA) is 23.5 Å². The van der Waals surface area contributed by atoms with Gasteiger partial charge < -0.3 is 10.0 Å². The first-order valence-corrected chi connectivity index (χ1v) is 6.56. The van der Waals surface area contributed by atoms with E-state index in [0.717, 1.165) is 31.3 Å². The highest BCUT2D eigenvalue weighted by Crippen LogP contribution is 2.39. The molecule has 16 heavy (non-hydrogen) atoms. The Bertz CT molecular complexity index is 256. The van der Waals surface area contributed by atoms with E-state index in [1.54, 1.807) is 0 Å². The summed E-state index contributed by atoms with van der Waals surface area (Å²) in [6, 6.07) is 1.46. The summed E-state index contributed by atoms with van der Waals surface area (Å²) < 4.78 is 0. The molecule has 0 aliphatic carbocycles. The van der Waals surface area contributed by atoms with E-state index < -0.39 is 0 Å². The number of rotatable bonds is 4. The highest BCUT2D eigenvalue weighted by atomic mass is 16.3. The first-order chi connectivity index (χ1) is 7.72. The largest absolute Gasteiger partial charge is 0.393 e. The molecule has 2 rings (SSSR count). The number of hydrogen-bond acceptors (Lipinski definition) is 2. The second-order valence-corrected chi connectivity index (χ2v) is 5.45. The highest BCUT2D eigenvalue weighted by molar-refractivity contribution is 4.95. The van der Waals surface area contributed by atoms with Gasteiger partial charge in [-0.15, -0.1) is 12.3 Å². The molecule has 0 spiro atoms. The van der Waals surface area contributed by atoms with E-state index in [1.807, 2.05) is 0 Å². The van der Waals surface area contributed by atoms with E-state index >= 15 is 0 Å². The Labute approximate surface area is 99.0 Å². The predicted octanol–water partition coefficient (Wildman–Crippen LogP) is 2.02. The average Bonchev–Trinajstić information content (AvgIpc) is 2.53. The fraction of sp³-hybridized carbons (Fsp3) is 0.857. The normalized spacial score (nSPS) is 35.9. The van der Waals surface area contributed by atoms with Gasteiger partial charge in [-0.2, -0.15) is 0 Å². The fourth-order valence-electron chi connectivity index (χ4n) is 3.42. The molecule has 2 bridgehead atoms. The average molecular weight is 221 g/mol. The summed E-state index contributed by atoms with van der Waals surface area (Å²) in [5.41, 5.74) is 0. The predicted molar refractivity (Wildman–Crippen MR) is 66.0 cm³/mol. The first kappa shape index (κ1) is 12.0. The summed E-state index contributed by atoms with van der Waals surface area (Å²) in [5.74, 6) is 3.16. The monoisotopic (exact) mass is 221 g/mol. The number of fused-ring (bicyclic) bond motifs is 2. The lowest BCUT2D eigenvalue weighted by atomic mass is 9.85. The second kappa shape index (κ2) is 5.21.